The third-order valence-corrected chi connectivity index (χ3v) is 4.28. The lowest BCUT2D eigenvalue weighted by Crippen LogP contribution is -2.49. The van der Waals surface area contributed by atoms with Crippen LogP contribution in [-0.4, -0.2) is 17.5 Å². The van der Waals surface area contributed by atoms with Gasteiger partial charge in [-0.05, 0) is 51.4 Å². The Hall–Kier alpha value is -0.370. The van der Waals surface area contributed by atoms with Crippen molar-refractivity contribution >= 4 is 5.78 Å². The van der Waals surface area contributed by atoms with Crippen molar-refractivity contribution in [2.75, 3.05) is 0 Å². The van der Waals surface area contributed by atoms with Crippen LogP contribution in [0.25, 0.3) is 0 Å². The molecule has 0 aromatic rings. The maximum absolute atomic E-state index is 11.0. The second-order valence-electron chi connectivity index (χ2n) is 6.48. The van der Waals surface area contributed by atoms with E-state index >= 15 is 0 Å². The predicted octanol–water partition coefficient (Wildman–Crippen LogP) is 3.48. The Morgan fingerprint density at radius 2 is 2.12 bits per heavy atom. The Kier molecular flexibility index (Phi) is 3.13. The van der Waals surface area contributed by atoms with E-state index in [1.165, 1.54) is 25.7 Å². The third-order valence-electron chi connectivity index (χ3n) is 4.28. The maximum Gasteiger partial charge on any atom is 0.129 e. The predicted molar refractivity (Wildman–Crippen MR) is 64.4 cm³/mol. The summed E-state index contributed by atoms with van der Waals surface area (Å²) in [6.45, 7) is 6.32. The van der Waals surface area contributed by atoms with Crippen molar-refractivity contribution < 1.29 is 9.53 Å². The lowest BCUT2D eigenvalue weighted by Gasteiger charge is -2.52. The highest BCUT2D eigenvalue weighted by molar-refractivity contribution is 5.75. The molecule has 0 aromatic carbocycles. The normalized spacial score (nSPS) is 43.1. The highest BCUT2D eigenvalue weighted by atomic mass is 16.5. The van der Waals surface area contributed by atoms with Gasteiger partial charge in [-0.2, -0.15) is 0 Å². The van der Waals surface area contributed by atoms with Gasteiger partial charge in [-0.3, -0.25) is 0 Å². The molecule has 0 radical (unpaired) electrons. The van der Waals surface area contributed by atoms with Crippen LogP contribution in [0.3, 0.4) is 0 Å². The standard InChI is InChI=1S/C14H24O2/c1-11(15)5-6-12-9-13(2)7-4-8-14(3,10-13)16-12/h12H,4-10H2,1-3H3. The minimum atomic E-state index is 0.0900. The number of hydrogen-bond donors (Lipinski definition) is 0. The molecule has 2 aliphatic rings. The molecule has 0 spiro atoms. The fourth-order valence-electron chi connectivity index (χ4n) is 3.76. The summed E-state index contributed by atoms with van der Waals surface area (Å²) in [6.07, 6.45) is 8.09. The van der Waals surface area contributed by atoms with Crippen molar-refractivity contribution in [1.82, 2.24) is 0 Å². The van der Waals surface area contributed by atoms with Gasteiger partial charge in [-0.15, -0.1) is 0 Å². The first-order valence-electron chi connectivity index (χ1n) is 6.58. The van der Waals surface area contributed by atoms with Crippen LogP contribution in [0.4, 0.5) is 0 Å². The van der Waals surface area contributed by atoms with E-state index in [1.807, 2.05) is 0 Å². The number of carbonyl (C=O) groups is 1. The van der Waals surface area contributed by atoms with E-state index in [0.29, 0.717) is 17.9 Å². The highest BCUT2D eigenvalue weighted by Crippen LogP contribution is 2.51. The van der Waals surface area contributed by atoms with Gasteiger partial charge in [0.05, 0.1) is 11.7 Å². The molecule has 3 atom stereocenters. The zero-order valence-corrected chi connectivity index (χ0v) is 10.8. The molecule has 1 aliphatic carbocycles. The van der Waals surface area contributed by atoms with Crippen molar-refractivity contribution in [3.05, 3.63) is 0 Å². The molecular weight excluding hydrogens is 200 g/mol. The van der Waals surface area contributed by atoms with Gasteiger partial charge < -0.3 is 9.53 Å². The summed E-state index contributed by atoms with van der Waals surface area (Å²) in [5.74, 6) is 0.287. The highest BCUT2D eigenvalue weighted by Gasteiger charge is 2.46. The van der Waals surface area contributed by atoms with Crippen molar-refractivity contribution in [2.45, 2.75) is 77.4 Å². The summed E-state index contributed by atoms with van der Waals surface area (Å²) >= 11 is 0. The Morgan fingerprint density at radius 1 is 1.38 bits per heavy atom. The van der Waals surface area contributed by atoms with Crippen LogP contribution < -0.4 is 0 Å². The number of hydrogen-bond acceptors (Lipinski definition) is 2. The first-order chi connectivity index (χ1) is 7.41. The van der Waals surface area contributed by atoms with Crippen LogP contribution in [0.2, 0.25) is 0 Å². The molecule has 1 aliphatic heterocycles. The van der Waals surface area contributed by atoms with Crippen molar-refractivity contribution in [2.24, 2.45) is 5.41 Å². The van der Waals surface area contributed by atoms with Crippen molar-refractivity contribution in [3.8, 4) is 0 Å². The van der Waals surface area contributed by atoms with E-state index < -0.39 is 0 Å². The molecule has 2 fully saturated rings. The van der Waals surface area contributed by atoms with Crippen molar-refractivity contribution in [3.63, 3.8) is 0 Å². The third kappa shape index (κ3) is 2.65. The molecule has 2 heteroatoms. The van der Waals surface area contributed by atoms with E-state index in [9.17, 15) is 4.79 Å². The smallest absolute Gasteiger partial charge is 0.129 e. The number of carbonyl (C=O) groups excluding carboxylic acids is 1. The number of ether oxygens (including phenoxy) is 1. The van der Waals surface area contributed by atoms with Gasteiger partial charge >= 0.3 is 0 Å². The Bertz CT molecular complexity index is 268. The summed E-state index contributed by atoms with van der Waals surface area (Å²) < 4.78 is 6.21. The molecule has 1 saturated carbocycles. The van der Waals surface area contributed by atoms with Crippen LogP contribution >= 0.6 is 0 Å². The Labute approximate surface area is 98.7 Å². The Morgan fingerprint density at radius 3 is 2.75 bits per heavy atom. The SMILES string of the molecule is CC(=O)CCC1CC2(C)CCCC(C)(C2)O1. The summed E-state index contributed by atoms with van der Waals surface area (Å²) in [6, 6.07) is 0. The minimum absolute atomic E-state index is 0.0900. The van der Waals surface area contributed by atoms with Crippen LogP contribution in [0.1, 0.15) is 65.7 Å². The second kappa shape index (κ2) is 4.14. The lowest BCUT2D eigenvalue weighted by molar-refractivity contribution is -0.183. The average Bonchev–Trinajstić information content (AvgIpc) is 2.11. The van der Waals surface area contributed by atoms with Crippen LogP contribution in [-0.2, 0) is 9.53 Å². The molecule has 2 nitrogen and oxygen atoms in total. The van der Waals surface area contributed by atoms with Crippen LogP contribution in [0.15, 0.2) is 0 Å². The van der Waals surface area contributed by atoms with Crippen LogP contribution in [0.5, 0.6) is 0 Å². The summed E-state index contributed by atoms with van der Waals surface area (Å²) in [5.41, 5.74) is 0.555. The molecule has 92 valence electrons. The van der Waals surface area contributed by atoms with Gasteiger partial charge in [-0.25, -0.2) is 0 Å². The second-order valence-corrected chi connectivity index (χ2v) is 6.48. The lowest BCUT2D eigenvalue weighted by atomic mass is 9.64. The van der Waals surface area contributed by atoms with Crippen molar-refractivity contribution in [1.29, 1.82) is 0 Å². The number of rotatable bonds is 3. The molecule has 1 saturated heterocycles. The molecule has 2 bridgehead atoms. The minimum Gasteiger partial charge on any atom is -0.372 e. The van der Waals surface area contributed by atoms with Gasteiger partial charge in [0, 0.05) is 6.42 Å². The molecule has 0 amide bonds. The summed E-state index contributed by atoms with van der Waals surface area (Å²) in [7, 11) is 0. The first kappa shape index (κ1) is 12.1. The molecule has 1 heterocycles. The molecule has 2 rings (SSSR count). The molecular formula is C14H24O2. The molecule has 16 heavy (non-hydrogen) atoms. The molecule has 0 N–H and O–H groups in total. The fraction of sp³-hybridized carbons (Fsp3) is 0.929. The zero-order chi connectivity index (χ0) is 11.8. The van der Waals surface area contributed by atoms with Gasteiger partial charge in [-0.1, -0.05) is 13.3 Å². The topological polar surface area (TPSA) is 26.3 Å². The number of Topliss-reactive ketones (excluding diaryl/α,β-unsaturated/α-hetero) is 1. The maximum atomic E-state index is 11.0. The molecule has 0 aromatic heterocycles. The monoisotopic (exact) mass is 224 g/mol. The average molecular weight is 224 g/mol. The van der Waals surface area contributed by atoms with Gasteiger partial charge in [0.1, 0.15) is 5.78 Å². The quantitative estimate of drug-likeness (QED) is 0.733. The largest absolute Gasteiger partial charge is 0.372 e. The van der Waals surface area contributed by atoms with E-state index in [-0.39, 0.29) is 11.4 Å². The fourth-order valence-corrected chi connectivity index (χ4v) is 3.76. The van der Waals surface area contributed by atoms with E-state index in [0.717, 1.165) is 12.8 Å². The van der Waals surface area contributed by atoms with Gasteiger partial charge in [0.25, 0.3) is 0 Å². The number of fused-ring (bicyclic) bond motifs is 2. The van der Waals surface area contributed by atoms with Gasteiger partial charge in [0.15, 0.2) is 0 Å². The zero-order valence-electron chi connectivity index (χ0n) is 10.8. The van der Waals surface area contributed by atoms with E-state index in [2.05, 4.69) is 13.8 Å². The number of ketones is 1. The van der Waals surface area contributed by atoms with Crippen LogP contribution in [0, 0.1) is 5.41 Å². The molecule has 3 unspecified atom stereocenters. The first-order valence-corrected chi connectivity index (χ1v) is 6.58. The summed E-state index contributed by atoms with van der Waals surface area (Å²) in [5, 5.41) is 0. The Balaban J connectivity index is 1.99. The van der Waals surface area contributed by atoms with Gasteiger partial charge in [0.2, 0.25) is 0 Å². The van der Waals surface area contributed by atoms with E-state index in [1.54, 1.807) is 6.92 Å². The summed E-state index contributed by atoms with van der Waals surface area (Å²) in [4.78, 5) is 11.0. The van der Waals surface area contributed by atoms with E-state index in [4.69, 9.17) is 4.74 Å².